The number of rotatable bonds is 4. The van der Waals surface area contributed by atoms with Crippen molar-refractivity contribution in [3.8, 4) is 28.4 Å². The number of nitrogen functional groups attached to an aromatic ring is 2. The van der Waals surface area contributed by atoms with Gasteiger partial charge in [0, 0.05) is 11.8 Å². The number of ether oxygens (including phenoxy) is 1. The van der Waals surface area contributed by atoms with Crippen LogP contribution in [0.25, 0.3) is 22.6 Å². The first-order valence-electron chi connectivity index (χ1n) is 7.44. The van der Waals surface area contributed by atoms with Crippen LogP contribution in [0.2, 0.25) is 0 Å². The van der Waals surface area contributed by atoms with Gasteiger partial charge in [-0.25, -0.2) is 4.98 Å². The average molecular weight is 323 g/mol. The second-order valence-corrected chi connectivity index (χ2v) is 5.07. The first-order chi connectivity index (χ1) is 11.6. The molecule has 0 bridgehead atoms. The van der Waals surface area contributed by atoms with Crippen LogP contribution in [0.15, 0.2) is 47.4 Å². The summed E-state index contributed by atoms with van der Waals surface area (Å²) >= 11 is 0. The van der Waals surface area contributed by atoms with Gasteiger partial charge in [-0.15, -0.1) is 0 Å². The molecule has 5 N–H and O–H groups in total. The monoisotopic (exact) mass is 323 g/mol. The SMILES string of the molecule is CCOc1cc(-c2ccccn2)ccc1-c1nc(N)c(N)c(=O)[nH]1. The molecule has 0 fully saturated rings. The molecule has 0 aliphatic carbocycles. The van der Waals surface area contributed by atoms with Crippen LogP contribution in [-0.2, 0) is 0 Å². The Morgan fingerprint density at radius 2 is 2.04 bits per heavy atom. The highest BCUT2D eigenvalue weighted by Crippen LogP contribution is 2.32. The molecule has 3 rings (SSSR count). The summed E-state index contributed by atoms with van der Waals surface area (Å²) in [6, 6.07) is 11.2. The minimum atomic E-state index is -0.478. The molecule has 0 saturated heterocycles. The van der Waals surface area contributed by atoms with Gasteiger partial charge in [-0.3, -0.25) is 9.78 Å². The molecule has 7 heteroatoms. The molecule has 0 atom stereocenters. The summed E-state index contributed by atoms with van der Waals surface area (Å²) in [6.45, 7) is 2.35. The predicted octanol–water partition coefficient (Wildman–Crippen LogP) is 2.06. The van der Waals surface area contributed by atoms with Crippen molar-refractivity contribution in [1.29, 1.82) is 0 Å². The van der Waals surface area contributed by atoms with Gasteiger partial charge in [0.2, 0.25) is 0 Å². The van der Waals surface area contributed by atoms with E-state index in [4.69, 9.17) is 16.2 Å². The number of aromatic nitrogens is 3. The molecule has 0 amide bonds. The van der Waals surface area contributed by atoms with Gasteiger partial charge < -0.3 is 21.2 Å². The summed E-state index contributed by atoms with van der Waals surface area (Å²) in [6.07, 6.45) is 1.73. The quantitative estimate of drug-likeness (QED) is 0.676. The fraction of sp³-hybridized carbons (Fsp3) is 0.118. The molecule has 122 valence electrons. The van der Waals surface area contributed by atoms with Gasteiger partial charge in [0.25, 0.3) is 5.56 Å². The largest absolute Gasteiger partial charge is 0.493 e. The zero-order valence-corrected chi connectivity index (χ0v) is 13.1. The smallest absolute Gasteiger partial charge is 0.276 e. The van der Waals surface area contributed by atoms with Crippen molar-refractivity contribution in [2.75, 3.05) is 18.1 Å². The molecule has 1 aromatic carbocycles. The first kappa shape index (κ1) is 15.5. The van der Waals surface area contributed by atoms with Gasteiger partial charge in [-0.05, 0) is 31.2 Å². The Kier molecular flexibility index (Phi) is 4.15. The summed E-state index contributed by atoms with van der Waals surface area (Å²) in [5.74, 6) is 0.876. The number of hydrogen-bond donors (Lipinski definition) is 3. The lowest BCUT2D eigenvalue weighted by Gasteiger charge is -2.12. The maximum absolute atomic E-state index is 11.8. The minimum Gasteiger partial charge on any atom is -0.493 e. The Balaban J connectivity index is 2.13. The Morgan fingerprint density at radius 1 is 1.21 bits per heavy atom. The highest BCUT2D eigenvalue weighted by atomic mass is 16.5. The first-order valence-corrected chi connectivity index (χ1v) is 7.44. The van der Waals surface area contributed by atoms with Crippen LogP contribution >= 0.6 is 0 Å². The summed E-state index contributed by atoms with van der Waals surface area (Å²) in [5.41, 5.74) is 13.0. The Bertz CT molecular complexity index is 922. The number of benzene rings is 1. The molecule has 0 saturated carbocycles. The van der Waals surface area contributed by atoms with E-state index in [1.807, 2.05) is 43.3 Å². The van der Waals surface area contributed by atoms with Gasteiger partial charge in [-0.1, -0.05) is 12.1 Å². The van der Waals surface area contributed by atoms with E-state index in [-0.39, 0.29) is 11.5 Å². The number of hydrogen-bond acceptors (Lipinski definition) is 6. The van der Waals surface area contributed by atoms with E-state index in [0.717, 1.165) is 11.3 Å². The Morgan fingerprint density at radius 3 is 2.71 bits per heavy atom. The second-order valence-electron chi connectivity index (χ2n) is 5.07. The average Bonchev–Trinajstić information content (AvgIpc) is 2.60. The van der Waals surface area contributed by atoms with Gasteiger partial charge in [-0.2, -0.15) is 0 Å². The van der Waals surface area contributed by atoms with Crippen molar-refractivity contribution in [3.63, 3.8) is 0 Å². The van der Waals surface area contributed by atoms with E-state index in [9.17, 15) is 4.79 Å². The number of aromatic amines is 1. The zero-order chi connectivity index (χ0) is 17.1. The van der Waals surface area contributed by atoms with Crippen molar-refractivity contribution in [2.45, 2.75) is 6.92 Å². The predicted molar refractivity (Wildman–Crippen MR) is 93.5 cm³/mol. The Hall–Kier alpha value is -3.35. The second kappa shape index (κ2) is 6.41. The van der Waals surface area contributed by atoms with Crippen molar-refractivity contribution >= 4 is 11.5 Å². The third-order valence-corrected chi connectivity index (χ3v) is 3.48. The highest BCUT2D eigenvalue weighted by molar-refractivity contribution is 5.73. The fourth-order valence-electron chi connectivity index (χ4n) is 2.31. The van der Waals surface area contributed by atoms with Crippen LogP contribution in [0.5, 0.6) is 5.75 Å². The van der Waals surface area contributed by atoms with Crippen LogP contribution in [0.4, 0.5) is 11.5 Å². The van der Waals surface area contributed by atoms with E-state index < -0.39 is 5.56 Å². The van der Waals surface area contributed by atoms with Crippen molar-refractivity contribution < 1.29 is 4.74 Å². The third kappa shape index (κ3) is 2.91. The summed E-state index contributed by atoms with van der Waals surface area (Å²) in [5, 5.41) is 0. The minimum absolute atomic E-state index is 0.00926. The van der Waals surface area contributed by atoms with E-state index >= 15 is 0 Å². The van der Waals surface area contributed by atoms with Crippen molar-refractivity contribution in [3.05, 3.63) is 52.9 Å². The topological polar surface area (TPSA) is 120 Å². The van der Waals surface area contributed by atoms with Crippen LogP contribution in [0.1, 0.15) is 6.92 Å². The van der Waals surface area contributed by atoms with Crippen LogP contribution < -0.4 is 21.8 Å². The summed E-state index contributed by atoms with van der Waals surface area (Å²) in [4.78, 5) is 22.9. The number of nitrogens with one attached hydrogen (secondary N) is 1. The van der Waals surface area contributed by atoms with E-state index in [2.05, 4.69) is 15.0 Å². The van der Waals surface area contributed by atoms with Crippen LogP contribution in [0.3, 0.4) is 0 Å². The maximum atomic E-state index is 11.8. The normalized spacial score (nSPS) is 10.5. The summed E-state index contributed by atoms with van der Waals surface area (Å²) < 4.78 is 5.70. The molecule has 0 aliphatic rings. The van der Waals surface area contributed by atoms with Gasteiger partial charge in [0.1, 0.15) is 17.3 Å². The van der Waals surface area contributed by atoms with Crippen LogP contribution in [-0.4, -0.2) is 21.6 Å². The third-order valence-electron chi connectivity index (χ3n) is 3.48. The van der Waals surface area contributed by atoms with Gasteiger partial charge in [0.15, 0.2) is 5.82 Å². The molecule has 7 nitrogen and oxygen atoms in total. The maximum Gasteiger partial charge on any atom is 0.276 e. The lowest BCUT2D eigenvalue weighted by atomic mass is 10.1. The Labute approximate surface area is 138 Å². The molecular weight excluding hydrogens is 306 g/mol. The van der Waals surface area contributed by atoms with Gasteiger partial charge >= 0.3 is 0 Å². The molecule has 0 radical (unpaired) electrons. The number of anilines is 2. The lowest BCUT2D eigenvalue weighted by Crippen LogP contribution is -2.17. The highest BCUT2D eigenvalue weighted by Gasteiger charge is 2.13. The molecule has 3 aromatic rings. The lowest BCUT2D eigenvalue weighted by molar-refractivity contribution is 0.341. The number of H-pyrrole nitrogens is 1. The van der Waals surface area contributed by atoms with E-state index in [1.165, 1.54) is 0 Å². The molecule has 2 heterocycles. The molecule has 0 aliphatic heterocycles. The standard InChI is InChI=1S/C17H17N5O2/c1-2-24-13-9-10(12-5-3-4-8-20-12)6-7-11(13)16-21-15(19)14(18)17(23)22-16/h3-9H,2,18H2,1H3,(H3,19,21,22,23). The zero-order valence-electron chi connectivity index (χ0n) is 13.1. The number of nitrogens with two attached hydrogens (primary N) is 2. The van der Waals surface area contributed by atoms with Crippen molar-refractivity contribution in [2.24, 2.45) is 0 Å². The van der Waals surface area contributed by atoms with Crippen LogP contribution in [0, 0.1) is 0 Å². The van der Waals surface area contributed by atoms with Gasteiger partial charge in [0.05, 0.1) is 17.9 Å². The molecular formula is C17H17N5O2. The molecule has 24 heavy (non-hydrogen) atoms. The summed E-state index contributed by atoms with van der Waals surface area (Å²) in [7, 11) is 0. The molecule has 0 spiro atoms. The molecule has 2 aromatic heterocycles. The fourth-order valence-corrected chi connectivity index (χ4v) is 2.31. The number of nitrogens with zero attached hydrogens (tertiary/aromatic N) is 2. The van der Waals surface area contributed by atoms with Crippen molar-refractivity contribution in [1.82, 2.24) is 15.0 Å². The number of pyridine rings is 1. The molecule has 0 unspecified atom stereocenters. The van der Waals surface area contributed by atoms with E-state index in [0.29, 0.717) is 23.7 Å². The van der Waals surface area contributed by atoms with E-state index in [1.54, 1.807) is 6.20 Å².